The van der Waals surface area contributed by atoms with E-state index in [4.69, 9.17) is 4.98 Å². The first-order valence-corrected chi connectivity index (χ1v) is 9.82. The van der Waals surface area contributed by atoms with Gasteiger partial charge in [-0.1, -0.05) is 18.2 Å². The van der Waals surface area contributed by atoms with Crippen molar-refractivity contribution in [2.75, 3.05) is 32.5 Å². The van der Waals surface area contributed by atoms with Crippen molar-refractivity contribution in [3.63, 3.8) is 0 Å². The van der Waals surface area contributed by atoms with Crippen LogP contribution in [0.1, 0.15) is 41.0 Å². The molecule has 1 N–H and O–H groups in total. The summed E-state index contributed by atoms with van der Waals surface area (Å²) in [6, 6.07) is 9.10. The predicted octanol–water partition coefficient (Wildman–Crippen LogP) is 3.34. The molecule has 1 aliphatic heterocycles. The molecule has 150 valence electrons. The van der Waals surface area contributed by atoms with Gasteiger partial charge in [0, 0.05) is 57.4 Å². The summed E-state index contributed by atoms with van der Waals surface area (Å²) in [7, 11) is 3.51. The van der Waals surface area contributed by atoms with E-state index in [0.717, 1.165) is 37.2 Å². The number of fused-ring (bicyclic) bond motifs is 1. The van der Waals surface area contributed by atoms with E-state index in [-0.39, 0.29) is 17.8 Å². The number of amides is 1. The number of hydrogen-bond acceptors (Lipinski definition) is 4. The maximum atomic E-state index is 14.0. The van der Waals surface area contributed by atoms with Gasteiger partial charge in [-0.15, -0.1) is 0 Å². The second kappa shape index (κ2) is 8.69. The van der Waals surface area contributed by atoms with Gasteiger partial charge in [0.05, 0.1) is 5.56 Å². The molecule has 0 saturated heterocycles. The van der Waals surface area contributed by atoms with Gasteiger partial charge in [0.1, 0.15) is 11.6 Å². The van der Waals surface area contributed by atoms with Crippen LogP contribution >= 0.6 is 0 Å². The molecule has 0 fully saturated rings. The van der Waals surface area contributed by atoms with E-state index in [1.54, 1.807) is 25.1 Å². The van der Waals surface area contributed by atoms with E-state index in [1.165, 1.54) is 6.07 Å². The van der Waals surface area contributed by atoms with Crippen LogP contribution in [0.2, 0.25) is 0 Å². The van der Waals surface area contributed by atoms with Gasteiger partial charge in [0.2, 0.25) is 0 Å². The summed E-state index contributed by atoms with van der Waals surface area (Å²) in [5.74, 6) is 0.436. The number of carbonyl (C=O) groups excluding carboxylic acids is 1. The van der Waals surface area contributed by atoms with Crippen molar-refractivity contribution in [1.82, 2.24) is 14.8 Å². The third-order valence-corrected chi connectivity index (χ3v) is 4.97. The molecule has 0 radical (unpaired) electrons. The average Bonchev–Trinajstić information content (AvgIpc) is 2.84. The van der Waals surface area contributed by atoms with Gasteiger partial charge >= 0.3 is 0 Å². The lowest BCUT2D eigenvalue weighted by Crippen LogP contribution is -2.26. The fourth-order valence-corrected chi connectivity index (χ4v) is 3.49. The maximum Gasteiger partial charge on any atom is 0.257 e. The highest BCUT2D eigenvalue weighted by Crippen LogP contribution is 2.24. The Labute approximate surface area is 166 Å². The summed E-state index contributed by atoms with van der Waals surface area (Å²) in [6.07, 6.45) is 1.58. The average molecular weight is 384 g/mol. The second-order valence-corrected chi connectivity index (χ2v) is 7.86. The highest BCUT2D eigenvalue weighted by atomic mass is 19.1. The summed E-state index contributed by atoms with van der Waals surface area (Å²) in [5, 5.41) is 3.32. The molecule has 28 heavy (non-hydrogen) atoms. The number of benzene rings is 1. The van der Waals surface area contributed by atoms with E-state index < -0.39 is 0 Å². The minimum absolute atomic E-state index is 0.0501. The van der Waals surface area contributed by atoms with Gasteiger partial charge in [-0.3, -0.25) is 9.69 Å². The fourth-order valence-electron chi connectivity index (χ4n) is 3.49. The quantitative estimate of drug-likeness (QED) is 0.859. The van der Waals surface area contributed by atoms with Crippen molar-refractivity contribution in [2.45, 2.75) is 39.3 Å². The Kier molecular flexibility index (Phi) is 6.29. The Bertz CT molecular complexity index is 850. The molecule has 1 aliphatic rings. The van der Waals surface area contributed by atoms with Crippen molar-refractivity contribution < 1.29 is 9.18 Å². The number of halogens is 1. The number of nitrogens with one attached hydrogen (secondary N) is 1. The standard InChI is InChI=1S/C22H29FN4O/c1-15(2)24-21-18(22(28)26(3)4)13-16-9-11-27(12-10-20(16)25-21)14-17-7-5-6-8-19(17)23/h5-8,13,15H,9-12,14H2,1-4H3,(H,24,25). The van der Waals surface area contributed by atoms with Crippen molar-refractivity contribution in [3.05, 3.63) is 58.5 Å². The van der Waals surface area contributed by atoms with Crippen molar-refractivity contribution >= 4 is 11.7 Å². The van der Waals surface area contributed by atoms with Gasteiger partial charge in [0.25, 0.3) is 5.91 Å². The Morgan fingerprint density at radius 1 is 1.25 bits per heavy atom. The molecular formula is C22H29FN4O. The van der Waals surface area contributed by atoms with Crippen molar-refractivity contribution in [2.24, 2.45) is 0 Å². The van der Waals surface area contributed by atoms with E-state index in [0.29, 0.717) is 23.5 Å². The second-order valence-electron chi connectivity index (χ2n) is 7.86. The highest BCUT2D eigenvalue weighted by molar-refractivity contribution is 5.98. The van der Waals surface area contributed by atoms with E-state index in [1.807, 2.05) is 32.0 Å². The SMILES string of the molecule is CC(C)Nc1nc2c(cc1C(=O)N(C)C)CCN(Cc1ccccc1F)CC2. The topological polar surface area (TPSA) is 48.5 Å². The summed E-state index contributed by atoms with van der Waals surface area (Å²) in [6.45, 7) is 6.29. The molecular weight excluding hydrogens is 355 g/mol. The maximum absolute atomic E-state index is 14.0. The van der Waals surface area contributed by atoms with E-state index in [2.05, 4.69) is 10.2 Å². The summed E-state index contributed by atoms with van der Waals surface area (Å²) < 4.78 is 14.0. The van der Waals surface area contributed by atoms with Crippen molar-refractivity contribution in [1.29, 1.82) is 0 Å². The Morgan fingerprint density at radius 3 is 2.64 bits per heavy atom. The van der Waals surface area contributed by atoms with Crippen LogP contribution in [-0.4, -0.2) is 53.9 Å². The lowest BCUT2D eigenvalue weighted by Gasteiger charge is -2.19. The third-order valence-electron chi connectivity index (χ3n) is 4.97. The first-order valence-electron chi connectivity index (χ1n) is 9.82. The molecule has 1 aromatic heterocycles. The van der Waals surface area contributed by atoms with Crippen LogP contribution in [0.4, 0.5) is 10.2 Å². The first-order chi connectivity index (χ1) is 13.3. The Balaban J connectivity index is 1.84. The van der Waals surface area contributed by atoms with Crippen LogP contribution < -0.4 is 5.32 Å². The highest BCUT2D eigenvalue weighted by Gasteiger charge is 2.22. The number of nitrogens with zero attached hydrogens (tertiary/aromatic N) is 3. The number of rotatable bonds is 5. The van der Waals surface area contributed by atoms with Crippen molar-refractivity contribution in [3.8, 4) is 0 Å². The van der Waals surface area contributed by atoms with Gasteiger partial charge in [-0.05, 0) is 38.0 Å². The Hall–Kier alpha value is -2.47. The largest absolute Gasteiger partial charge is 0.367 e. The molecule has 1 aromatic carbocycles. The summed E-state index contributed by atoms with van der Waals surface area (Å²) in [4.78, 5) is 21.3. The van der Waals surface area contributed by atoms with Gasteiger partial charge in [-0.2, -0.15) is 0 Å². The minimum Gasteiger partial charge on any atom is -0.367 e. The molecule has 2 aromatic rings. The number of aromatic nitrogens is 1. The monoisotopic (exact) mass is 384 g/mol. The summed E-state index contributed by atoms with van der Waals surface area (Å²) >= 11 is 0. The molecule has 1 amide bonds. The molecule has 2 heterocycles. The molecule has 3 rings (SSSR count). The molecule has 5 nitrogen and oxygen atoms in total. The number of pyridine rings is 1. The summed E-state index contributed by atoms with van der Waals surface area (Å²) in [5.41, 5.74) is 3.46. The van der Waals surface area contributed by atoms with Crippen LogP contribution in [0.5, 0.6) is 0 Å². The molecule has 6 heteroatoms. The number of carbonyl (C=O) groups is 1. The zero-order valence-electron chi connectivity index (χ0n) is 17.1. The van der Waals surface area contributed by atoms with E-state index in [9.17, 15) is 9.18 Å². The van der Waals surface area contributed by atoms with Crippen LogP contribution in [0, 0.1) is 5.82 Å². The zero-order valence-corrected chi connectivity index (χ0v) is 17.1. The first kappa shape index (κ1) is 20.3. The number of hydrogen-bond donors (Lipinski definition) is 1. The van der Waals surface area contributed by atoms with E-state index >= 15 is 0 Å². The molecule has 0 bridgehead atoms. The lowest BCUT2D eigenvalue weighted by atomic mass is 10.0. The predicted molar refractivity (Wildman–Crippen MR) is 110 cm³/mol. The third kappa shape index (κ3) is 4.68. The lowest BCUT2D eigenvalue weighted by molar-refractivity contribution is 0.0828. The Morgan fingerprint density at radius 2 is 1.96 bits per heavy atom. The van der Waals surface area contributed by atoms with Crippen LogP contribution in [0.3, 0.4) is 0 Å². The fraction of sp³-hybridized carbons (Fsp3) is 0.455. The number of anilines is 1. The molecule has 0 atom stereocenters. The molecule has 0 saturated carbocycles. The van der Waals surface area contributed by atoms with Gasteiger partial charge < -0.3 is 10.2 Å². The van der Waals surface area contributed by atoms with Gasteiger partial charge in [0.15, 0.2) is 0 Å². The molecule has 0 aliphatic carbocycles. The van der Waals surface area contributed by atoms with Gasteiger partial charge in [-0.25, -0.2) is 9.37 Å². The normalized spacial score (nSPS) is 14.5. The molecule has 0 spiro atoms. The zero-order chi connectivity index (χ0) is 20.3. The minimum atomic E-state index is -0.162. The van der Waals surface area contributed by atoms with Crippen LogP contribution in [0.25, 0.3) is 0 Å². The van der Waals surface area contributed by atoms with Crippen LogP contribution in [-0.2, 0) is 19.4 Å². The molecule has 0 unspecified atom stereocenters. The van der Waals surface area contributed by atoms with Crippen LogP contribution in [0.15, 0.2) is 30.3 Å². The smallest absolute Gasteiger partial charge is 0.257 e.